The number of nitrogens with one attached hydrogen (secondary N) is 1. The molecule has 0 fully saturated rings. The van der Waals surface area contributed by atoms with Crippen LogP contribution in [0, 0.1) is 0 Å². The van der Waals surface area contributed by atoms with Gasteiger partial charge in [-0.1, -0.05) is 26.7 Å². The summed E-state index contributed by atoms with van der Waals surface area (Å²) in [5.74, 6) is 0. The predicted octanol–water partition coefficient (Wildman–Crippen LogP) is 2.97. The van der Waals surface area contributed by atoms with Crippen LogP contribution < -0.4 is 5.32 Å². The third kappa shape index (κ3) is 8.52. The van der Waals surface area contributed by atoms with Gasteiger partial charge in [-0.2, -0.15) is 0 Å². The molecule has 0 aromatic rings. The van der Waals surface area contributed by atoms with Crippen molar-refractivity contribution in [1.29, 1.82) is 0 Å². The first-order valence-corrected chi connectivity index (χ1v) is 6.08. The van der Waals surface area contributed by atoms with Gasteiger partial charge >= 0.3 is 0 Å². The number of hydrogen-bond donors (Lipinski definition) is 1. The Morgan fingerprint density at radius 2 is 1.71 bits per heavy atom. The van der Waals surface area contributed by atoms with Gasteiger partial charge < -0.3 is 10.1 Å². The number of ether oxygens (including phenoxy) is 1. The largest absolute Gasteiger partial charge is 0.381 e. The van der Waals surface area contributed by atoms with Crippen LogP contribution in [0.2, 0.25) is 0 Å². The zero-order valence-electron chi connectivity index (χ0n) is 10.1. The minimum atomic E-state index is 0.480. The van der Waals surface area contributed by atoms with Gasteiger partial charge in [-0.3, -0.25) is 0 Å². The van der Waals surface area contributed by atoms with Crippen molar-refractivity contribution in [2.24, 2.45) is 0 Å². The quantitative estimate of drug-likeness (QED) is 0.549. The topological polar surface area (TPSA) is 21.3 Å². The molecular formula is C12H27NO. The molecule has 0 unspecified atom stereocenters. The van der Waals surface area contributed by atoms with Gasteiger partial charge in [0.25, 0.3) is 0 Å². The third-order valence-corrected chi connectivity index (χ3v) is 2.53. The Balaban J connectivity index is 3.15. The second kappa shape index (κ2) is 11.0. The van der Waals surface area contributed by atoms with Crippen molar-refractivity contribution in [2.75, 3.05) is 20.2 Å². The molecule has 0 aliphatic rings. The molecule has 0 spiro atoms. The summed E-state index contributed by atoms with van der Waals surface area (Å²) < 4.78 is 5.39. The first kappa shape index (κ1) is 13.9. The van der Waals surface area contributed by atoms with E-state index in [1.54, 1.807) is 0 Å². The molecule has 1 atom stereocenters. The minimum Gasteiger partial charge on any atom is -0.381 e. The van der Waals surface area contributed by atoms with Crippen molar-refractivity contribution in [3.05, 3.63) is 0 Å². The molecule has 0 heterocycles. The fraction of sp³-hybridized carbons (Fsp3) is 1.00. The van der Waals surface area contributed by atoms with Gasteiger partial charge in [-0.05, 0) is 38.8 Å². The van der Waals surface area contributed by atoms with E-state index in [0.29, 0.717) is 6.10 Å². The van der Waals surface area contributed by atoms with Crippen LogP contribution in [0.3, 0.4) is 0 Å². The first-order chi connectivity index (χ1) is 6.85. The number of methoxy groups -OCH3 is 1. The molecule has 0 radical (unpaired) electrons. The summed E-state index contributed by atoms with van der Waals surface area (Å²) in [5, 5.41) is 3.45. The van der Waals surface area contributed by atoms with Crippen LogP contribution in [-0.2, 0) is 4.74 Å². The number of rotatable bonds is 10. The summed E-state index contributed by atoms with van der Waals surface area (Å²) in [4.78, 5) is 0. The van der Waals surface area contributed by atoms with Crippen molar-refractivity contribution in [3.63, 3.8) is 0 Å². The minimum absolute atomic E-state index is 0.480. The first-order valence-electron chi connectivity index (χ1n) is 6.08. The van der Waals surface area contributed by atoms with Gasteiger partial charge in [-0.15, -0.1) is 0 Å². The van der Waals surface area contributed by atoms with Crippen LogP contribution in [0.5, 0.6) is 0 Å². The molecule has 2 heteroatoms. The van der Waals surface area contributed by atoms with E-state index in [1.165, 1.54) is 45.1 Å². The Kier molecular flexibility index (Phi) is 10.9. The lowest BCUT2D eigenvalue weighted by Crippen LogP contribution is -2.19. The maximum absolute atomic E-state index is 5.39. The molecule has 2 nitrogen and oxygen atoms in total. The molecule has 0 bridgehead atoms. The Bertz CT molecular complexity index is 106. The van der Waals surface area contributed by atoms with E-state index < -0.39 is 0 Å². The van der Waals surface area contributed by atoms with E-state index in [9.17, 15) is 0 Å². The molecule has 0 saturated carbocycles. The van der Waals surface area contributed by atoms with Crippen LogP contribution in [0.15, 0.2) is 0 Å². The smallest absolute Gasteiger partial charge is 0.0571 e. The maximum atomic E-state index is 5.39. The van der Waals surface area contributed by atoms with Gasteiger partial charge in [0, 0.05) is 7.11 Å². The van der Waals surface area contributed by atoms with E-state index in [0.717, 1.165) is 6.54 Å². The average molecular weight is 201 g/mol. The van der Waals surface area contributed by atoms with E-state index in [4.69, 9.17) is 4.74 Å². The fourth-order valence-corrected chi connectivity index (χ4v) is 1.58. The van der Waals surface area contributed by atoms with Crippen LogP contribution in [-0.4, -0.2) is 26.3 Å². The highest BCUT2D eigenvalue weighted by atomic mass is 16.5. The van der Waals surface area contributed by atoms with Crippen LogP contribution in [0.1, 0.15) is 52.4 Å². The summed E-state index contributed by atoms with van der Waals surface area (Å²) in [6.07, 6.45) is 7.92. The molecule has 0 saturated heterocycles. The van der Waals surface area contributed by atoms with Gasteiger partial charge in [0.15, 0.2) is 0 Å². The summed E-state index contributed by atoms with van der Waals surface area (Å²) in [6.45, 7) is 6.75. The van der Waals surface area contributed by atoms with Crippen molar-refractivity contribution < 1.29 is 4.74 Å². The van der Waals surface area contributed by atoms with Gasteiger partial charge in [0.2, 0.25) is 0 Å². The Morgan fingerprint density at radius 1 is 1.00 bits per heavy atom. The average Bonchev–Trinajstić information content (AvgIpc) is 2.21. The summed E-state index contributed by atoms with van der Waals surface area (Å²) >= 11 is 0. The lowest BCUT2D eigenvalue weighted by molar-refractivity contribution is 0.0856. The number of unbranched alkanes of at least 4 members (excludes halogenated alkanes) is 1. The standard InChI is InChI=1S/C12H27NO/c1-4-6-10-13-11-7-9-12(14-3)8-5-2/h12-13H,4-11H2,1-3H3/t12-/m0/s1. The van der Waals surface area contributed by atoms with Gasteiger partial charge in [0.1, 0.15) is 0 Å². The third-order valence-electron chi connectivity index (χ3n) is 2.53. The summed E-state index contributed by atoms with van der Waals surface area (Å²) in [5.41, 5.74) is 0. The zero-order chi connectivity index (χ0) is 10.6. The maximum Gasteiger partial charge on any atom is 0.0571 e. The lowest BCUT2D eigenvalue weighted by Gasteiger charge is -2.14. The highest BCUT2D eigenvalue weighted by Crippen LogP contribution is 2.07. The predicted molar refractivity (Wildman–Crippen MR) is 62.7 cm³/mol. The van der Waals surface area contributed by atoms with Crippen LogP contribution >= 0.6 is 0 Å². The fourth-order valence-electron chi connectivity index (χ4n) is 1.58. The van der Waals surface area contributed by atoms with Gasteiger partial charge in [0.05, 0.1) is 6.10 Å². The molecule has 14 heavy (non-hydrogen) atoms. The van der Waals surface area contributed by atoms with Crippen molar-refractivity contribution >= 4 is 0 Å². The normalized spacial score (nSPS) is 13.1. The highest BCUT2D eigenvalue weighted by molar-refractivity contribution is 4.58. The van der Waals surface area contributed by atoms with Crippen molar-refractivity contribution in [3.8, 4) is 0 Å². The van der Waals surface area contributed by atoms with Gasteiger partial charge in [-0.25, -0.2) is 0 Å². The Hall–Kier alpha value is -0.0800. The molecule has 0 aromatic carbocycles. The Labute approximate surface area is 89.4 Å². The number of hydrogen-bond acceptors (Lipinski definition) is 2. The molecule has 1 N–H and O–H groups in total. The van der Waals surface area contributed by atoms with Crippen LogP contribution in [0.25, 0.3) is 0 Å². The summed E-state index contributed by atoms with van der Waals surface area (Å²) in [6, 6.07) is 0. The summed E-state index contributed by atoms with van der Waals surface area (Å²) in [7, 11) is 1.82. The molecular weight excluding hydrogens is 174 g/mol. The monoisotopic (exact) mass is 201 g/mol. The molecule has 0 aliphatic heterocycles. The highest BCUT2D eigenvalue weighted by Gasteiger charge is 2.04. The van der Waals surface area contributed by atoms with E-state index in [2.05, 4.69) is 19.2 Å². The molecule has 0 aromatic heterocycles. The molecule has 0 aliphatic carbocycles. The SMILES string of the molecule is CCCCNCCC[C@H](CCC)OC. The molecule has 86 valence electrons. The van der Waals surface area contributed by atoms with E-state index >= 15 is 0 Å². The van der Waals surface area contributed by atoms with E-state index in [-0.39, 0.29) is 0 Å². The second-order valence-electron chi connectivity index (χ2n) is 3.89. The molecule has 0 amide bonds. The van der Waals surface area contributed by atoms with E-state index in [1.807, 2.05) is 7.11 Å². The van der Waals surface area contributed by atoms with Crippen LogP contribution in [0.4, 0.5) is 0 Å². The Morgan fingerprint density at radius 3 is 2.29 bits per heavy atom. The zero-order valence-corrected chi connectivity index (χ0v) is 10.1. The van der Waals surface area contributed by atoms with Crippen molar-refractivity contribution in [1.82, 2.24) is 5.32 Å². The lowest BCUT2D eigenvalue weighted by atomic mass is 10.1. The second-order valence-corrected chi connectivity index (χ2v) is 3.89. The van der Waals surface area contributed by atoms with Crippen molar-refractivity contribution in [2.45, 2.75) is 58.5 Å². The molecule has 0 rings (SSSR count).